The molecule has 26 heavy (non-hydrogen) atoms. The number of aromatic nitrogens is 2. The maximum atomic E-state index is 13.0. The van der Waals surface area contributed by atoms with Gasteiger partial charge in [-0.05, 0) is 36.1 Å². The van der Waals surface area contributed by atoms with Gasteiger partial charge in [-0.3, -0.25) is 0 Å². The number of methoxy groups -OCH3 is 1. The van der Waals surface area contributed by atoms with Gasteiger partial charge in [0.1, 0.15) is 16.1 Å². The molecule has 0 aliphatic heterocycles. The van der Waals surface area contributed by atoms with Gasteiger partial charge in [-0.25, -0.2) is 14.4 Å². The van der Waals surface area contributed by atoms with Gasteiger partial charge in [0.15, 0.2) is 5.82 Å². The zero-order valence-corrected chi connectivity index (χ0v) is 15.7. The summed E-state index contributed by atoms with van der Waals surface area (Å²) in [4.78, 5) is 8.75. The molecule has 0 aliphatic carbocycles. The molecular formula is C20H17Cl2FN2O. The van der Waals surface area contributed by atoms with Crippen molar-refractivity contribution >= 4 is 23.2 Å². The highest BCUT2D eigenvalue weighted by Gasteiger charge is 2.13. The van der Waals surface area contributed by atoms with E-state index in [0.29, 0.717) is 29.2 Å². The summed E-state index contributed by atoms with van der Waals surface area (Å²) in [6, 6.07) is 14.0. The lowest BCUT2D eigenvalue weighted by Gasteiger charge is -2.09. The number of hydrogen-bond donors (Lipinski definition) is 0. The zero-order valence-electron chi connectivity index (χ0n) is 14.2. The van der Waals surface area contributed by atoms with Gasteiger partial charge in [0.2, 0.25) is 0 Å². The van der Waals surface area contributed by atoms with E-state index < -0.39 is 0 Å². The van der Waals surface area contributed by atoms with E-state index in [1.807, 2.05) is 24.3 Å². The minimum absolute atomic E-state index is 0.256. The highest BCUT2D eigenvalue weighted by Crippen LogP contribution is 2.28. The van der Waals surface area contributed by atoms with Crippen LogP contribution in [0.4, 0.5) is 4.39 Å². The van der Waals surface area contributed by atoms with E-state index in [4.69, 9.17) is 27.9 Å². The van der Waals surface area contributed by atoms with Gasteiger partial charge in [-0.1, -0.05) is 59.6 Å². The van der Waals surface area contributed by atoms with Crippen LogP contribution in [0.25, 0.3) is 22.5 Å². The number of benzene rings is 2. The first-order valence-electron chi connectivity index (χ1n) is 8.15. The van der Waals surface area contributed by atoms with E-state index in [2.05, 4.69) is 9.97 Å². The number of rotatable bonds is 6. The van der Waals surface area contributed by atoms with E-state index in [1.165, 1.54) is 12.1 Å². The smallest absolute Gasteiger partial charge is 0.162 e. The van der Waals surface area contributed by atoms with E-state index in [-0.39, 0.29) is 5.82 Å². The number of nitrogens with zero attached hydrogens (tertiary/aromatic N) is 2. The Bertz CT molecular complexity index is 860. The molecule has 0 fully saturated rings. The highest BCUT2D eigenvalue weighted by molar-refractivity contribution is 6.34. The van der Waals surface area contributed by atoms with Crippen molar-refractivity contribution in [3.8, 4) is 22.5 Å². The molecule has 3 rings (SSSR count). The SMILES string of the molecule is COCCCc1c(Cl)nc(-c2ccc(-c3ccc(F)cc3)cc2)nc1Cl. The van der Waals surface area contributed by atoms with Gasteiger partial charge in [0.05, 0.1) is 0 Å². The molecule has 134 valence electrons. The van der Waals surface area contributed by atoms with Gasteiger partial charge >= 0.3 is 0 Å². The highest BCUT2D eigenvalue weighted by atomic mass is 35.5. The first kappa shape index (κ1) is 18.8. The first-order valence-corrected chi connectivity index (χ1v) is 8.91. The van der Waals surface area contributed by atoms with Crippen LogP contribution >= 0.6 is 23.2 Å². The van der Waals surface area contributed by atoms with Gasteiger partial charge in [0.25, 0.3) is 0 Å². The molecule has 3 nitrogen and oxygen atoms in total. The summed E-state index contributed by atoms with van der Waals surface area (Å²) in [5, 5.41) is 0.720. The van der Waals surface area contributed by atoms with Crippen molar-refractivity contribution in [2.75, 3.05) is 13.7 Å². The molecule has 0 N–H and O–H groups in total. The van der Waals surface area contributed by atoms with E-state index in [1.54, 1.807) is 19.2 Å². The second-order valence-electron chi connectivity index (χ2n) is 5.79. The molecular weight excluding hydrogens is 374 g/mol. The molecule has 6 heteroatoms. The van der Waals surface area contributed by atoms with Crippen LogP contribution in [0, 0.1) is 5.82 Å². The van der Waals surface area contributed by atoms with Crippen molar-refractivity contribution in [2.45, 2.75) is 12.8 Å². The van der Waals surface area contributed by atoms with Crippen LogP contribution in [-0.2, 0) is 11.2 Å². The number of hydrogen-bond acceptors (Lipinski definition) is 3. The summed E-state index contributed by atoms with van der Waals surface area (Å²) in [7, 11) is 1.65. The maximum absolute atomic E-state index is 13.0. The van der Waals surface area contributed by atoms with Gasteiger partial charge in [-0.2, -0.15) is 0 Å². The standard InChI is InChI=1S/C20H17Cl2FN2O/c1-26-12-2-3-17-18(21)24-20(25-19(17)22)15-6-4-13(5-7-15)14-8-10-16(23)11-9-14/h4-11H,2-3,12H2,1H3. The molecule has 0 amide bonds. The minimum Gasteiger partial charge on any atom is -0.385 e. The van der Waals surface area contributed by atoms with Crippen LogP contribution in [0.3, 0.4) is 0 Å². The fourth-order valence-electron chi connectivity index (χ4n) is 2.61. The van der Waals surface area contributed by atoms with Crippen LogP contribution in [-0.4, -0.2) is 23.7 Å². The normalized spacial score (nSPS) is 10.9. The lowest BCUT2D eigenvalue weighted by atomic mass is 10.0. The molecule has 0 radical (unpaired) electrons. The predicted octanol–water partition coefficient (Wildman–Crippen LogP) is 5.84. The van der Waals surface area contributed by atoms with E-state index >= 15 is 0 Å². The summed E-state index contributed by atoms with van der Waals surface area (Å²) < 4.78 is 18.1. The quantitative estimate of drug-likeness (QED) is 0.391. The summed E-state index contributed by atoms with van der Waals surface area (Å²) in [6.45, 7) is 0.624. The van der Waals surface area contributed by atoms with Crippen molar-refractivity contribution in [3.05, 3.63) is 70.2 Å². The molecule has 0 spiro atoms. The van der Waals surface area contributed by atoms with Crippen molar-refractivity contribution in [1.29, 1.82) is 0 Å². The van der Waals surface area contributed by atoms with Crippen LogP contribution < -0.4 is 0 Å². The lowest BCUT2D eigenvalue weighted by Crippen LogP contribution is -2.00. The van der Waals surface area contributed by atoms with Crippen LogP contribution in [0.15, 0.2) is 48.5 Å². The number of ether oxygens (including phenoxy) is 1. The molecule has 0 saturated heterocycles. The van der Waals surface area contributed by atoms with Crippen molar-refractivity contribution < 1.29 is 9.13 Å². The largest absolute Gasteiger partial charge is 0.385 e. The third kappa shape index (κ3) is 4.39. The summed E-state index contributed by atoms with van der Waals surface area (Å²) >= 11 is 12.6. The fourth-order valence-corrected chi connectivity index (χ4v) is 3.19. The Morgan fingerprint density at radius 2 is 1.35 bits per heavy atom. The second-order valence-corrected chi connectivity index (χ2v) is 6.50. The van der Waals surface area contributed by atoms with Crippen molar-refractivity contribution in [1.82, 2.24) is 9.97 Å². The average molecular weight is 391 g/mol. The average Bonchev–Trinajstić information content (AvgIpc) is 2.65. The van der Waals surface area contributed by atoms with Gasteiger partial charge in [0, 0.05) is 24.8 Å². The van der Waals surface area contributed by atoms with Crippen LogP contribution in [0.2, 0.25) is 10.3 Å². The van der Waals surface area contributed by atoms with E-state index in [0.717, 1.165) is 28.7 Å². The van der Waals surface area contributed by atoms with Gasteiger partial charge in [-0.15, -0.1) is 0 Å². The zero-order chi connectivity index (χ0) is 18.5. The topological polar surface area (TPSA) is 35.0 Å². The molecule has 0 atom stereocenters. The van der Waals surface area contributed by atoms with Crippen LogP contribution in [0.5, 0.6) is 0 Å². The Kier molecular flexibility index (Phi) is 6.20. The Morgan fingerprint density at radius 3 is 1.88 bits per heavy atom. The third-order valence-corrected chi connectivity index (χ3v) is 4.63. The molecule has 1 aromatic heterocycles. The Hall–Kier alpha value is -2.01. The Morgan fingerprint density at radius 1 is 0.846 bits per heavy atom. The van der Waals surface area contributed by atoms with Crippen molar-refractivity contribution in [2.24, 2.45) is 0 Å². The predicted molar refractivity (Wildman–Crippen MR) is 103 cm³/mol. The molecule has 2 aromatic carbocycles. The monoisotopic (exact) mass is 390 g/mol. The molecule has 0 bridgehead atoms. The maximum Gasteiger partial charge on any atom is 0.162 e. The molecule has 0 aliphatic rings. The molecule has 1 heterocycles. The minimum atomic E-state index is -0.256. The number of halogens is 3. The summed E-state index contributed by atoms with van der Waals surface area (Å²) in [5.74, 6) is 0.217. The molecule has 0 saturated carbocycles. The van der Waals surface area contributed by atoms with Gasteiger partial charge < -0.3 is 4.74 Å². The van der Waals surface area contributed by atoms with Crippen LogP contribution in [0.1, 0.15) is 12.0 Å². The lowest BCUT2D eigenvalue weighted by molar-refractivity contribution is 0.195. The Balaban J connectivity index is 1.84. The second kappa shape index (κ2) is 8.58. The summed E-state index contributed by atoms with van der Waals surface area (Å²) in [6.07, 6.45) is 1.46. The van der Waals surface area contributed by atoms with E-state index in [9.17, 15) is 4.39 Å². The molecule has 3 aromatic rings. The summed E-state index contributed by atoms with van der Waals surface area (Å²) in [5.41, 5.74) is 3.45. The molecule has 0 unspecified atom stereocenters. The van der Waals surface area contributed by atoms with Crippen molar-refractivity contribution in [3.63, 3.8) is 0 Å². The Labute approximate surface area is 161 Å². The fraction of sp³-hybridized carbons (Fsp3) is 0.200. The first-order chi connectivity index (χ1) is 12.6. The third-order valence-electron chi connectivity index (χ3n) is 4.00.